The van der Waals surface area contributed by atoms with Crippen LogP contribution in [0, 0.1) is 6.92 Å². The lowest BCUT2D eigenvalue weighted by molar-refractivity contribution is -0.141. The molecule has 1 aromatic carbocycles. The minimum Gasteiger partial charge on any atom is -0.491 e. The smallest absolute Gasteiger partial charge is 0.433 e. The van der Waals surface area contributed by atoms with Crippen molar-refractivity contribution in [3.05, 3.63) is 47.8 Å². The molecule has 0 spiro atoms. The molecule has 2 heterocycles. The molecule has 9 heteroatoms. The number of aromatic nitrogens is 2. The Morgan fingerprint density at radius 3 is 2.54 bits per heavy atom. The Morgan fingerprint density at radius 2 is 1.86 bits per heavy atom. The maximum Gasteiger partial charge on any atom is 0.433 e. The van der Waals surface area contributed by atoms with Crippen LogP contribution in [-0.2, 0) is 6.18 Å². The molecule has 3 rings (SSSR count). The number of hydrogen-bond donors (Lipinski definition) is 1. The van der Waals surface area contributed by atoms with Gasteiger partial charge >= 0.3 is 6.18 Å². The zero-order valence-electron chi connectivity index (χ0n) is 15.6. The molecule has 0 saturated carbocycles. The third-order valence-corrected chi connectivity index (χ3v) is 4.58. The average molecular weight is 396 g/mol. The van der Waals surface area contributed by atoms with Crippen molar-refractivity contribution in [1.82, 2.24) is 14.9 Å². The van der Waals surface area contributed by atoms with E-state index in [-0.39, 0.29) is 12.6 Å². The number of β-amino-alcohol motifs (C(OH)–C–C–N with tert-alkyl or cyclic N) is 1. The van der Waals surface area contributed by atoms with E-state index in [0.29, 0.717) is 32.7 Å². The number of hydrogen-bond acceptors (Lipinski definition) is 6. The quantitative estimate of drug-likeness (QED) is 0.809. The Balaban J connectivity index is 1.47. The van der Waals surface area contributed by atoms with Gasteiger partial charge in [-0.05, 0) is 24.6 Å². The molecule has 1 N–H and O–H groups in total. The highest BCUT2D eigenvalue weighted by atomic mass is 19.4. The number of aryl methyl sites for hydroxylation is 1. The molecule has 2 aromatic rings. The van der Waals surface area contributed by atoms with Crippen molar-refractivity contribution in [2.75, 3.05) is 44.2 Å². The molecule has 0 amide bonds. The number of para-hydroxylation sites is 1. The van der Waals surface area contributed by atoms with Gasteiger partial charge in [0.15, 0.2) is 0 Å². The van der Waals surface area contributed by atoms with Gasteiger partial charge in [-0.3, -0.25) is 4.90 Å². The number of nitrogens with zero attached hydrogens (tertiary/aromatic N) is 4. The monoisotopic (exact) mass is 396 g/mol. The lowest BCUT2D eigenvalue weighted by Gasteiger charge is -2.35. The fourth-order valence-corrected chi connectivity index (χ4v) is 3.04. The number of halogens is 3. The number of ether oxygens (including phenoxy) is 1. The molecular formula is C19H23F3N4O2. The van der Waals surface area contributed by atoms with E-state index in [9.17, 15) is 18.3 Å². The van der Waals surface area contributed by atoms with Gasteiger partial charge < -0.3 is 14.7 Å². The van der Waals surface area contributed by atoms with Crippen LogP contribution in [-0.4, -0.2) is 65.4 Å². The maximum absolute atomic E-state index is 12.8. The number of rotatable bonds is 6. The molecule has 0 bridgehead atoms. The Labute approximate surface area is 161 Å². The molecule has 1 aliphatic heterocycles. The van der Waals surface area contributed by atoms with Gasteiger partial charge in [0.1, 0.15) is 24.2 Å². The summed E-state index contributed by atoms with van der Waals surface area (Å²) >= 11 is 0. The molecule has 1 saturated heterocycles. The fourth-order valence-electron chi connectivity index (χ4n) is 3.04. The zero-order chi connectivity index (χ0) is 20.1. The average Bonchev–Trinajstić information content (AvgIpc) is 2.67. The standard InChI is InChI=1S/C19H23F3N4O2/c1-14-4-2-3-5-16(14)28-13-15(27)12-25-8-10-26(11-9-25)18-23-7-6-17(24-18)19(20,21)22/h2-7,15,27H,8-13H2,1H3. The summed E-state index contributed by atoms with van der Waals surface area (Å²) in [7, 11) is 0. The Morgan fingerprint density at radius 1 is 1.14 bits per heavy atom. The van der Waals surface area contributed by atoms with Gasteiger partial charge in [-0.15, -0.1) is 0 Å². The minimum absolute atomic E-state index is 0.0814. The topological polar surface area (TPSA) is 61.7 Å². The number of anilines is 1. The van der Waals surface area contributed by atoms with E-state index in [4.69, 9.17) is 4.74 Å². The highest BCUT2D eigenvalue weighted by Gasteiger charge is 2.33. The predicted octanol–water partition coefficient (Wildman–Crippen LogP) is 2.37. The van der Waals surface area contributed by atoms with Crippen LogP contribution < -0.4 is 9.64 Å². The molecule has 6 nitrogen and oxygen atoms in total. The molecule has 0 aliphatic carbocycles. The second kappa shape index (κ2) is 8.74. The zero-order valence-corrected chi connectivity index (χ0v) is 15.6. The third kappa shape index (κ3) is 5.32. The van der Waals surface area contributed by atoms with Gasteiger partial charge in [-0.25, -0.2) is 9.97 Å². The van der Waals surface area contributed by atoms with Crippen LogP contribution in [0.5, 0.6) is 5.75 Å². The predicted molar refractivity (Wildman–Crippen MR) is 98.4 cm³/mol. The molecule has 1 aliphatic rings. The van der Waals surface area contributed by atoms with Gasteiger partial charge in [-0.2, -0.15) is 13.2 Å². The van der Waals surface area contributed by atoms with Gasteiger partial charge in [0.05, 0.1) is 0 Å². The van der Waals surface area contributed by atoms with E-state index in [1.807, 2.05) is 31.2 Å². The second-order valence-corrected chi connectivity index (χ2v) is 6.76. The Kier molecular flexibility index (Phi) is 6.35. The summed E-state index contributed by atoms with van der Waals surface area (Å²) in [5.74, 6) is 0.825. The molecule has 1 atom stereocenters. The number of piperazine rings is 1. The summed E-state index contributed by atoms with van der Waals surface area (Å²) in [6.07, 6.45) is -4.01. The van der Waals surface area contributed by atoms with E-state index < -0.39 is 18.0 Å². The van der Waals surface area contributed by atoms with Crippen molar-refractivity contribution in [3.8, 4) is 5.75 Å². The van der Waals surface area contributed by atoms with Gasteiger partial charge in [0, 0.05) is 38.9 Å². The molecule has 28 heavy (non-hydrogen) atoms. The lowest BCUT2D eigenvalue weighted by atomic mass is 10.2. The summed E-state index contributed by atoms with van der Waals surface area (Å²) in [6, 6.07) is 8.47. The maximum atomic E-state index is 12.8. The van der Waals surface area contributed by atoms with Crippen molar-refractivity contribution in [1.29, 1.82) is 0 Å². The first-order valence-corrected chi connectivity index (χ1v) is 9.07. The Bertz CT molecular complexity index is 780. The fraction of sp³-hybridized carbons (Fsp3) is 0.474. The first kappa shape index (κ1) is 20.3. The molecular weight excluding hydrogens is 373 g/mol. The summed E-state index contributed by atoms with van der Waals surface area (Å²) in [5.41, 5.74) is 0.0631. The van der Waals surface area contributed by atoms with Crippen LogP contribution in [0.4, 0.5) is 19.1 Å². The SMILES string of the molecule is Cc1ccccc1OCC(O)CN1CCN(c2nccc(C(F)(F)F)n2)CC1. The third-order valence-electron chi connectivity index (χ3n) is 4.58. The van der Waals surface area contributed by atoms with Crippen molar-refractivity contribution < 1.29 is 23.0 Å². The van der Waals surface area contributed by atoms with E-state index >= 15 is 0 Å². The minimum atomic E-state index is -4.49. The van der Waals surface area contributed by atoms with Gasteiger partial charge in [0.25, 0.3) is 0 Å². The summed E-state index contributed by atoms with van der Waals surface area (Å²) in [5, 5.41) is 10.2. The summed E-state index contributed by atoms with van der Waals surface area (Å²) in [4.78, 5) is 11.4. The molecule has 0 radical (unpaired) electrons. The molecule has 152 valence electrons. The highest BCUT2D eigenvalue weighted by Crippen LogP contribution is 2.28. The lowest BCUT2D eigenvalue weighted by Crippen LogP contribution is -2.49. The number of alkyl halides is 3. The number of aliphatic hydroxyl groups is 1. The summed E-state index contributed by atoms with van der Waals surface area (Å²) < 4.78 is 44.1. The van der Waals surface area contributed by atoms with Crippen molar-refractivity contribution >= 4 is 5.95 Å². The van der Waals surface area contributed by atoms with Crippen LogP contribution in [0.25, 0.3) is 0 Å². The van der Waals surface area contributed by atoms with Crippen LogP contribution in [0.3, 0.4) is 0 Å². The van der Waals surface area contributed by atoms with Gasteiger partial charge in [0.2, 0.25) is 5.95 Å². The molecule has 1 fully saturated rings. The van der Waals surface area contributed by atoms with Crippen molar-refractivity contribution in [3.63, 3.8) is 0 Å². The van der Waals surface area contributed by atoms with E-state index in [1.165, 1.54) is 0 Å². The van der Waals surface area contributed by atoms with E-state index in [0.717, 1.165) is 23.6 Å². The van der Waals surface area contributed by atoms with E-state index in [1.54, 1.807) is 4.90 Å². The van der Waals surface area contributed by atoms with Crippen molar-refractivity contribution in [2.45, 2.75) is 19.2 Å². The second-order valence-electron chi connectivity index (χ2n) is 6.76. The van der Waals surface area contributed by atoms with Crippen LogP contribution in [0.2, 0.25) is 0 Å². The number of benzene rings is 1. The normalized spacial score (nSPS) is 16.8. The first-order valence-electron chi connectivity index (χ1n) is 9.07. The van der Waals surface area contributed by atoms with Crippen molar-refractivity contribution in [2.24, 2.45) is 0 Å². The van der Waals surface area contributed by atoms with E-state index in [2.05, 4.69) is 14.9 Å². The van der Waals surface area contributed by atoms with Gasteiger partial charge in [-0.1, -0.05) is 18.2 Å². The largest absolute Gasteiger partial charge is 0.491 e. The van der Waals surface area contributed by atoms with Crippen LogP contribution >= 0.6 is 0 Å². The highest BCUT2D eigenvalue weighted by molar-refractivity contribution is 5.32. The first-order chi connectivity index (χ1) is 13.3. The Hall–Kier alpha value is -2.39. The molecule has 1 aromatic heterocycles. The summed E-state index contributed by atoms with van der Waals surface area (Å²) in [6.45, 7) is 4.74. The number of aliphatic hydroxyl groups excluding tert-OH is 1. The van der Waals surface area contributed by atoms with Crippen LogP contribution in [0.1, 0.15) is 11.3 Å². The molecule has 1 unspecified atom stereocenters. The van der Waals surface area contributed by atoms with Crippen LogP contribution in [0.15, 0.2) is 36.5 Å².